The van der Waals surface area contributed by atoms with Gasteiger partial charge in [-0.05, 0) is 31.0 Å². The topological polar surface area (TPSA) is 52.5 Å². The van der Waals surface area contributed by atoms with Gasteiger partial charge in [0, 0.05) is 49.5 Å². The van der Waals surface area contributed by atoms with Gasteiger partial charge in [0.25, 0.3) is 5.91 Å². The highest BCUT2D eigenvalue weighted by Gasteiger charge is 2.18. The molecule has 1 N–H and O–H groups in total. The van der Waals surface area contributed by atoms with E-state index >= 15 is 0 Å². The Hall–Kier alpha value is -1.85. The zero-order valence-corrected chi connectivity index (χ0v) is 12.9. The van der Waals surface area contributed by atoms with Crippen LogP contribution in [-0.4, -0.2) is 43.4 Å². The second kappa shape index (κ2) is 6.94. The zero-order valence-electron chi connectivity index (χ0n) is 12.9. The molecule has 1 aliphatic heterocycles. The maximum atomic E-state index is 12.4. The Kier molecular flexibility index (Phi) is 4.75. The molecule has 1 fully saturated rings. The van der Waals surface area contributed by atoms with Gasteiger partial charge in [0.2, 0.25) is 0 Å². The zero-order chi connectivity index (χ0) is 15.4. The standard InChI is InChI=1S/C17H22N2O3/c1-21-11-9-19-8-7-14-15(5-2-6-16(14)19)17(20)18-12-13-4-3-10-22-13/h2,5-8,13H,3-4,9-12H2,1H3,(H,18,20). The Bertz CT molecular complexity index is 644. The molecule has 1 aromatic heterocycles. The van der Waals surface area contributed by atoms with E-state index in [1.807, 2.05) is 30.5 Å². The first-order valence-corrected chi connectivity index (χ1v) is 7.76. The van der Waals surface area contributed by atoms with Gasteiger partial charge in [-0.25, -0.2) is 0 Å². The Morgan fingerprint density at radius 2 is 2.36 bits per heavy atom. The van der Waals surface area contributed by atoms with Crippen LogP contribution in [0.1, 0.15) is 23.2 Å². The van der Waals surface area contributed by atoms with Crippen LogP contribution in [0.5, 0.6) is 0 Å². The molecule has 3 rings (SSSR count). The minimum absolute atomic E-state index is 0.0365. The molecule has 1 atom stereocenters. The minimum Gasteiger partial charge on any atom is -0.383 e. The number of hydrogen-bond acceptors (Lipinski definition) is 3. The Morgan fingerprint density at radius 1 is 1.45 bits per heavy atom. The average molecular weight is 302 g/mol. The lowest BCUT2D eigenvalue weighted by atomic mass is 10.1. The Morgan fingerprint density at radius 3 is 3.14 bits per heavy atom. The molecule has 1 saturated heterocycles. The molecule has 118 valence electrons. The number of methoxy groups -OCH3 is 1. The van der Waals surface area contributed by atoms with Crippen molar-refractivity contribution in [2.24, 2.45) is 0 Å². The fraction of sp³-hybridized carbons (Fsp3) is 0.471. The number of aromatic nitrogens is 1. The van der Waals surface area contributed by atoms with Crippen LogP contribution < -0.4 is 5.32 Å². The van der Waals surface area contributed by atoms with Gasteiger partial charge < -0.3 is 19.4 Å². The van der Waals surface area contributed by atoms with E-state index in [-0.39, 0.29) is 12.0 Å². The van der Waals surface area contributed by atoms with Crippen LogP contribution in [0, 0.1) is 0 Å². The van der Waals surface area contributed by atoms with E-state index < -0.39 is 0 Å². The maximum Gasteiger partial charge on any atom is 0.252 e. The number of carbonyl (C=O) groups is 1. The van der Waals surface area contributed by atoms with Crippen molar-refractivity contribution in [3.63, 3.8) is 0 Å². The highest BCUT2D eigenvalue weighted by molar-refractivity contribution is 6.06. The smallest absolute Gasteiger partial charge is 0.252 e. The first-order valence-electron chi connectivity index (χ1n) is 7.76. The molecule has 0 bridgehead atoms. The van der Waals surface area contributed by atoms with Crippen molar-refractivity contribution in [2.45, 2.75) is 25.5 Å². The predicted octanol–water partition coefficient (Wildman–Crippen LogP) is 2.20. The lowest BCUT2D eigenvalue weighted by molar-refractivity contribution is 0.0859. The van der Waals surface area contributed by atoms with E-state index in [4.69, 9.17) is 9.47 Å². The fourth-order valence-electron chi connectivity index (χ4n) is 2.91. The lowest BCUT2D eigenvalue weighted by Gasteiger charge is -2.11. The molecule has 0 radical (unpaired) electrons. The largest absolute Gasteiger partial charge is 0.383 e. The molecule has 1 aromatic carbocycles. The maximum absolute atomic E-state index is 12.4. The van der Waals surface area contributed by atoms with Gasteiger partial charge in [-0.1, -0.05) is 6.07 Å². The van der Waals surface area contributed by atoms with Crippen molar-refractivity contribution in [3.05, 3.63) is 36.0 Å². The van der Waals surface area contributed by atoms with Crippen LogP contribution in [0.3, 0.4) is 0 Å². The molecule has 0 saturated carbocycles. The molecule has 5 nitrogen and oxygen atoms in total. The molecular formula is C17H22N2O3. The summed E-state index contributed by atoms with van der Waals surface area (Å²) in [6.07, 6.45) is 4.27. The number of amides is 1. The summed E-state index contributed by atoms with van der Waals surface area (Å²) in [4.78, 5) is 12.4. The van der Waals surface area contributed by atoms with Gasteiger partial charge in [-0.3, -0.25) is 4.79 Å². The summed E-state index contributed by atoms with van der Waals surface area (Å²) in [6, 6.07) is 7.81. The van der Waals surface area contributed by atoms with E-state index in [0.29, 0.717) is 18.7 Å². The highest BCUT2D eigenvalue weighted by Crippen LogP contribution is 2.20. The number of rotatable bonds is 6. The van der Waals surface area contributed by atoms with Crippen molar-refractivity contribution in [1.82, 2.24) is 9.88 Å². The highest BCUT2D eigenvalue weighted by atomic mass is 16.5. The van der Waals surface area contributed by atoms with E-state index in [2.05, 4.69) is 9.88 Å². The summed E-state index contributed by atoms with van der Waals surface area (Å²) in [5.74, 6) is -0.0365. The van der Waals surface area contributed by atoms with Crippen molar-refractivity contribution in [1.29, 1.82) is 0 Å². The molecule has 1 amide bonds. The summed E-state index contributed by atoms with van der Waals surface area (Å²) < 4.78 is 12.8. The van der Waals surface area contributed by atoms with E-state index in [9.17, 15) is 4.79 Å². The van der Waals surface area contributed by atoms with Crippen LogP contribution in [0.25, 0.3) is 10.9 Å². The number of hydrogen-bond donors (Lipinski definition) is 1. The summed E-state index contributed by atoms with van der Waals surface area (Å²) in [5, 5.41) is 3.96. The Balaban J connectivity index is 1.74. The van der Waals surface area contributed by atoms with Gasteiger partial charge in [-0.2, -0.15) is 0 Å². The first-order chi connectivity index (χ1) is 10.8. The summed E-state index contributed by atoms with van der Waals surface area (Å²) in [5.41, 5.74) is 1.77. The third-order valence-corrected chi connectivity index (χ3v) is 4.11. The minimum atomic E-state index is -0.0365. The van der Waals surface area contributed by atoms with E-state index in [1.165, 1.54) is 0 Å². The monoisotopic (exact) mass is 302 g/mol. The molecule has 5 heteroatoms. The fourth-order valence-corrected chi connectivity index (χ4v) is 2.91. The Labute approximate surface area is 130 Å². The molecule has 2 aromatic rings. The number of carbonyl (C=O) groups excluding carboxylic acids is 1. The second-order valence-electron chi connectivity index (χ2n) is 5.59. The van der Waals surface area contributed by atoms with Gasteiger partial charge in [-0.15, -0.1) is 0 Å². The molecular weight excluding hydrogens is 280 g/mol. The summed E-state index contributed by atoms with van der Waals surface area (Å²) in [7, 11) is 1.69. The molecule has 22 heavy (non-hydrogen) atoms. The molecule has 0 spiro atoms. The van der Waals surface area contributed by atoms with Crippen LogP contribution in [-0.2, 0) is 16.0 Å². The quantitative estimate of drug-likeness (QED) is 0.890. The summed E-state index contributed by atoms with van der Waals surface area (Å²) >= 11 is 0. The van der Waals surface area contributed by atoms with Gasteiger partial charge in [0.05, 0.1) is 12.7 Å². The van der Waals surface area contributed by atoms with E-state index in [1.54, 1.807) is 7.11 Å². The first kappa shape index (κ1) is 15.1. The van der Waals surface area contributed by atoms with Crippen LogP contribution >= 0.6 is 0 Å². The predicted molar refractivity (Wildman–Crippen MR) is 85.1 cm³/mol. The van der Waals surface area contributed by atoms with Crippen LogP contribution in [0.15, 0.2) is 30.5 Å². The normalized spacial score (nSPS) is 18.0. The van der Waals surface area contributed by atoms with Gasteiger partial charge in [0.1, 0.15) is 0 Å². The SMILES string of the molecule is COCCn1ccc2c(C(=O)NCC3CCCO3)cccc21. The molecule has 1 unspecified atom stereocenters. The van der Waals surface area contributed by atoms with Gasteiger partial charge >= 0.3 is 0 Å². The number of fused-ring (bicyclic) bond motifs is 1. The molecule has 1 aliphatic rings. The summed E-state index contributed by atoms with van der Waals surface area (Å²) in [6.45, 7) is 2.82. The van der Waals surface area contributed by atoms with Crippen molar-refractivity contribution >= 4 is 16.8 Å². The number of nitrogens with one attached hydrogen (secondary N) is 1. The van der Waals surface area contributed by atoms with Crippen LogP contribution in [0.2, 0.25) is 0 Å². The third-order valence-electron chi connectivity index (χ3n) is 4.11. The molecule has 0 aliphatic carbocycles. The average Bonchev–Trinajstić information content (AvgIpc) is 3.19. The number of nitrogens with zero attached hydrogens (tertiary/aromatic N) is 1. The van der Waals surface area contributed by atoms with Gasteiger partial charge in [0.15, 0.2) is 0 Å². The lowest BCUT2D eigenvalue weighted by Crippen LogP contribution is -2.31. The number of ether oxygens (including phenoxy) is 2. The van der Waals surface area contributed by atoms with Crippen molar-refractivity contribution in [3.8, 4) is 0 Å². The van der Waals surface area contributed by atoms with Crippen LogP contribution in [0.4, 0.5) is 0 Å². The van der Waals surface area contributed by atoms with E-state index in [0.717, 1.165) is 36.9 Å². The number of benzene rings is 1. The molecule has 2 heterocycles. The third kappa shape index (κ3) is 3.15. The van der Waals surface area contributed by atoms with Crippen molar-refractivity contribution < 1.29 is 14.3 Å². The van der Waals surface area contributed by atoms with Crippen molar-refractivity contribution in [2.75, 3.05) is 26.9 Å². The second-order valence-corrected chi connectivity index (χ2v) is 5.59.